The Hall–Kier alpha value is -1.30. The van der Waals surface area contributed by atoms with Crippen LogP contribution < -0.4 is 0 Å². The van der Waals surface area contributed by atoms with Gasteiger partial charge in [-0.25, -0.2) is 0 Å². The Morgan fingerprint density at radius 3 is 2.00 bits per heavy atom. The van der Waals surface area contributed by atoms with E-state index >= 15 is 0 Å². The molecular formula is C18H23. The van der Waals surface area contributed by atoms with Crippen LogP contribution in [0.25, 0.3) is 10.8 Å². The van der Waals surface area contributed by atoms with Crippen molar-refractivity contribution in [2.24, 2.45) is 0 Å². The monoisotopic (exact) mass is 239 g/mol. The molecule has 0 unspecified atom stereocenters. The molecule has 2 aromatic carbocycles. The average Bonchev–Trinajstić information content (AvgIpc) is 2.25. The van der Waals surface area contributed by atoms with E-state index in [-0.39, 0.29) is 10.8 Å². The van der Waals surface area contributed by atoms with Gasteiger partial charge in [-0.15, -0.1) is 0 Å². The highest BCUT2D eigenvalue weighted by molar-refractivity contribution is 5.87. The Morgan fingerprint density at radius 2 is 1.44 bits per heavy atom. The molecule has 0 nitrogen and oxygen atoms in total. The van der Waals surface area contributed by atoms with Gasteiger partial charge in [-0.05, 0) is 44.9 Å². The van der Waals surface area contributed by atoms with Crippen molar-refractivity contribution in [1.29, 1.82) is 0 Å². The van der Waals surface area contributed by atoms with Crippen LogP contribution in [0.15, 0.2) is 30.3 Å². The van der Waals surface area contributed by atoms with Crippen molar-refractivity contribution in [3.8, 4) is 0 Å². The lowest BCUT2D eigenvalue weighted by molar-refractivity contribution is 0.571. The van der Waals surface area contributed by atoms with E-state index in [0.717, 1.165) is 0 Å². The standard InChI is InChI=1S/C18H23/c1-17(2,3)14-11-13-9-7-8-10-15(13)16(12-14)18(4,5)6/h7-11H,1-6H3. The van der Waals surface area contributed by atoms with Gasteiger partial charge in [-0.1, -0.05) is 65.8 Å². The minimum Gasteiger partial charge on any atom is -0.0616 e. The third-order valence-electron chi connectivity index (χ3n) is 3.35. The van der Waals surface area contributed by atoms with Crippen LogP contribution in [0.1, 0.15) is 52.7 Å². The van der Waals surface area contributed by atoms with Gasteiger partial charge >= 0.3 is 0 Å². The smallest absolute Gasteiger partial charge is 0.00965 e. The first-order chi connectivity index (χ1) is 8.19. The number of hydrogen-bond acceptors (Lipinski definition) is 0. The van der Waals surface area contributed by atoms with Gasteiger partial charge in [0.1, 0.15) is 0 Å². The van der Waals surface area contributed by atoms with Crippen LogP contribution in [0, 0.1) is 6.07 Å². The predicted octanol–water partition coefficient (Wildman–Crippen LogP) is 5.23. The molecule has 0 spiro atoms. The molecule has 2 aromatic rings. The van der Waals surface area contributed by atoms with Crippen LogP contribution in [-0.2, 0) is 10.8 Å². The molecule has 0 saturated carbocycles. The first-order valence-electron chi connectivity index (χ1n) is 6.65. The van der Waals surface area contributed by atoms with Crippen molar-refractivity contribution in [2.45, 2.75) is 52.4 Å². The Balaban J connectivity index is 2.81. The van der Waals surface area contributed by atoms with Crippen molar-refractivity contribution >= 4 is 10.8 Å². The molecule has 1 radical (unpaired) electrons. The zero-order chi connectivity index (χ0) is 13.6. The average molecular weight is 239 g/mol. The van der Waals surface area contributed by atoms with Gasteiger partial charge < -0.3 is 0 Å². The van der Waals surface area contributed by atoms with E-state index in [0.29, 0.717) is 0 Å². The number of hydrogen-bond donors (Lipinski definition) is 0. The highest BCUT2D eigenvalue weighted by Gasteiger charge is 2.22. The molecule has 0 aliphatic carbocycles. The van der Waals surface area contributed by atoms with Crippen molar-refractivity contribution in [2.75, 3.05) is 0 Å². The van der Waals surface area contributed by atoms with Gasteiger partial charge in [0.15, 0.2) is 0 Å². The molecule has 0 amide bonds. The number of benzene rings is 2. The summed E-state index contributed by atoms with van der Waals surface area (Å²) in [6.07, 6.45) is 0. The van der Waals surface area contributed by atoms with Crippen LogP contribution in [0.4, 0.5) is 0 Å². The summed E-state index contributed by atoms with van der Waals surface area (Å²) in [6, 6.07) is 14.6. The quantitative estimate of drug-likeness (QED) is 0.590. The van der Waals surface area contributed by atoms with E-state index in [1.165, 1.54) is 21.9 Å². The highest BCUT2D eigenvalue weighted by atomic mass is 14.3. The summed E-state index contributed by atoms with van der Waals surface area (Å²) in [5.74, 6) is 0. The van der Waals surface area contributed by atoms with Crippen molar-refractivity contribution < 1.29 is 0 Å². The van der Waals surface area contributed by atoms with E-state index in [9.17, 15) is 0 Å². The summed E-state index contributed by atoms with van der Waals surface area (Å²) in [7, 11) is 0. The number of rotatable bonds is 0. The van der Waals surface area contributed by atoms with Crippen molar-refractivity contribution in [3.63, 3.8) is 0 Å². The van der Waals surface area contributed by atoms with E-state index < -0.39 is 0 Å². The van der Waals surface area contributed by atoms with Crippen LogP contribution in [-0.4, -0.2) is 0 Å². The molecule has 0 aliphatic heterocycles. The molecule has 0 bridgehead atoms. The fourth-order valence-corrected chi connectivity index (χ4v) is 2.24. The van der Waals surface area contributed by atoms with E-state index in [4.69, 9.17) is 0 Å². The second kappa shape index (κ2) is 4.12. The van der Waals surface area contributed by atoms with Crippen LogP contribution in [0.3, 0.4) is 0 Å². The molecular weight excluding hydrogens is 216 g/mol. The molecule has 95 valence electrons. The predicted molar refractivity (Wildman–Crippen MR) is 80.2 cm³/mol. The largest absolute Gasteiger partial charge is 0.0616 e. The summed E-state index contributed by atoms with van der Waals surface area (Å²) in [4.78, 5) is 0. The van der Waals surface area contributed by atoms with Crippen LogP contribution >= 0.6 is 0 Å². The Morgan fingerprint density at radius 1 is 0.833 bits per heavy atom. The second-order valence-electron chi connectivity index (χ2n) is 7.15. The lowest BCUT2D eigenvalue weighted by Crippen LogP contribution is -2.17. The Labute approximate surface area is 111 Å². The zero-order valence-corrected chi connectivity index (χ0v) is 12.4. The Bertz CT molecular complexity index is 563. The molecule has 18 heavy (non-hydrogen) atoms. The van der Waals surface area contributed by atoms with Crippen molar-refractivity contribution in [3.05, 3.63) is 47.5 Å². The van der Waals surface area contributed by atoms with Crippen LogP contribution in [0.5, 0.6) is 0 Å². The summed E-state index contributed by atoms with van der Waals surface area (Å²) < 4.78 is 0. The topological polar surface area (TPSA) is 0 Å². The third-order valence-corrected chi connectivity index (χ3v) is 3.35. The first-order valence-corrected chi connectivity index (χ1v) is 6.65. The fourth-order valence-electron chi connectivity index (χ4n) is 2.24. The molecule has 0 aromatic heterocycles. The first kappa shape index (κ1) is 13.1. The number of fused-ring (bicyclic) bond motifs is 1. The maximum atomic E-state index is 3.67. The normalized spacial score (nSPS) is 13.0. The van der Waals surface area contributed by atoms with Gasteiger partial charge in [0, 0.05) is 0 Å². The van der Waals surface area contributed by atoms with E-state index in [1.54, 1.807) is 0 Å². The summed E-state index contributed by atoms with van der Waals surface area (Å²) in [5, 5.41) is 2.66. The molecule has 0 atom stereocenters. The second-order valence-corrected chi connectivity index (χ2v) is 7.15. The van der Waals surface area contributed by atoms with Gasteiger partial charge in [0.05, 0.1) is 0 Å². The molecule has 0 aliphatic rings. The lowest BCUT2D eigenvalue weighted by atomic mass is 9.78. The molecule has 0 fully saturated rings. The highest BCUT2D eigenvalue weighted by Crippen LogP contribution is 2.34. The van der Waals surface area contributed by atoms with Crippen LogP contribution in [0.2, 0.25) is 0 Å². The summed E-state index contributed by atoms with van der Waals surface area (Å²) in [5.41, 5.74) is 2.89. The van der Waals surface area contributed by atoms with Gasteiger partial charge in [0.25, 0.3) is 0 Å². The molecule has 0 N–H and O–H groups in total. The summed E-state index contributed by atoms with van der Waals surface area (Å²) in [6.45, 7) is 13.5. The van der Waals surface area contributed by atoms with E-state index in [1.807, 2.05) is 0 Å². The molecule has 0 heteroatoms. The van der Waals surface area contributed by atoms with Gasteiger partial charge in [-0.2, -0.15) is 0 Å². The SMILES string of the molecule is CC(C)(C)c1[c]c(C(C)(C)C)c2ccccc2c1. The third kappa shape index (κ3) is 2.43. The molecule has 0 saturated heterocycles. The fraction of sp³-hybridized carbons (Fsp3) is 0.444. The van der Waals surface area contributed by atoms with E-state index in [2.05, 4.69) is 77.9 Å². The summed E-state index contributed by atoms with van der Waals surface area (Å²) >= 11 is 0. The Kier molecular flexibility index (Phi) is 3.01. The minimum atomic E-state index is 0.126. The van der Waals surface area contributed by atoms with Crippen molar-refractivity contribution in [1.82, 2.24) is 0 Å². The molecule has 2 rings (SSSR count). The minimum absolute atomic E-state index is 0.126. The van der Waals surface area contributed by atoms with Gasteiger partial charge in [-0.3, -0.25) is 0 Å². The van der Waals surface area contributed by atoms with Gasteiger partial charge in [0.2, 0.25) is 0 Å². The maximum Gasteiger partial charge on any atom is -0.00965 e. The lowest BCUT2D eigenvalue weighted by Gasteiger charge is -2.26. The zero-order valence-electron chi connectivity index (χ0n) is 12.4. The molecule has 0 heterocycles. The maximum absolute atomic E-state index is 3.67.